The highest BCUT2D eigenvalue weighted by Gasteiger charge is 2.49. The standard InChI is InChI=1S/C25H31ClN4O2/c1-16-9-12-19(13-20(16)26)30-23(31)22-14-21(17-10-11-17)28-29(22)15-25(30,2)24(32)27-18-7-5-3-4-6-8-18/h9,12-14,17-18H,3-8,10-11,15H2,1-2H3,(H,27,32)/t25-/m0/s1. The van der Waals surface area contributed by atoms with Crippen LogP contribution in [-0.2, 0) is 11.3 Å². The summed E-state index contributed by atoms with van der Waals surface area (Å²) in [6.45, 7) is 4.11. The summed E-state index contributed by atoms with van der Waals surface area (Å²) in [6.07, 6.45) is 8.91. The first-order chi connectivity index (χ1) is 15.4. The predicted octanol–water partition coefficient (Wildman–Crippen LogP) is 4.98. The van der Waals surface area contributed by atoms with Crippen LogP contribution in [-0.4, -0.2) is 33.2 Å². The van der Waals surface area contributed by atoms with Crippen molar-refractivity contribution in [1.29, 1.82) is 0 Å². The maximum Gasteiger partial charge on any atom is 0.277 e. The van der Waals surface area contributed by atoms with E-state index in [0.29, 0.717) is 28.9 Å². The summed E-state index contributed by atoms with van der Waals surface area (Å²) in [5.74, 6) is 0.117. The van der Waals surface area contributed by atoms with Crippen LogP contribution >= 0.6 is 11.6 Å². The second kappa shape index (κ2) is 8.22. The molecule has 0 radical (unpaired) electrons. The first kappa shape index (κ1) is 21.5. The summed E-state index contributed by atoms with van der Waals surface area (Å²) < 4.78 is 1.74. The molecule has 2 saturated carbocycles. The molecular formula is C25H31ClN4O2. The monoisotopic (exact) mass is 454 g/mol. The van der Waals surface area contributed by atoms with Crippen LogP contribution in [0.3, 0.4) is 0 Å². The third-order valence-electron chi connectivity index (χ3n) is 7.26. The summed E-state index contributed by atoms with van der Waals surface area (Å²) in [4.78, 5) is 29.2. The van der Waals surface area contributed by atoms with E-state index in [0.717, 1.165) is 49.8 Å². The maximum absolute atomic E-state index is 13.8. The highest BCUT2D eigenvalue weighted by molar-refractivity contribution is 6.31. The second-order valence-electron chi connectivity index (χ2n) is 9.90. The second-order valence-corrected chi connectivity index (χ2v) is 10.3. The zero-order valence-corrected chi connectivity index (χ0v) is 19.6. The molecule has 2 aromatic rings. The van der Waals surface area contributed by atoms with E-state index in [1.165, 1.54) is 12.8 Å². The van der Waals surface area contributed by atoms with Crippen molar-refractivity contribution < 1.29 is 9.59 Å². The van der Waals surface area contributed by atoms with E-state index < -0.39 is 5.54 Å². The Balaban J connectivity index is 1.53. The largest absolute Gasteiger partial charge is 0.351 e. The van der Waals surface area contributed by atoms with E-state index in [1.807, 2.05) is 32.0 Å². The van der Waals surface area contributed by atoms with Crippen LogP contribution in [0.4, 0.5) is 5.69 Å². The quantitative estimate of drug-likeness (QED) is 0.662. The molecular weight excluding hydrogens is 424 g/mol. The van der Waals surface area contributed by atoms with Crippen LogP contribution in [0.1, 0.15) is 86.0 Å². The van der Waals surface area contributed by atoms with Gasteiger partial charge in [0.05, 0.1) is 12.2 Å². The Bertz CT molecular complexity index is 1050. The van der Waals surface area contributed by atoms with E-state index in [1.54, 1.807) is 15.6 Å². The lowest BCUT2D eigenvalue weighted by atomic mass is 9.93. The molecule has 0 saturated heterocycles. The van der Waals surface area contributed by atoms with Gasteiger partial charge in [0, 0.05) is 22.7 Å². The number of nitrogens with one attached hydrogen (secondary N) is 1. The molecule has 0 spiro atoms. The Morgan fingerprint density at radius 1 is 1.12 bits per heavy atom. The Kier molecular flexibility index (Phi) is 5.52. The van der Waals surface area contributed by atoms with Crippen molar-refractivity contribution in [1.82, 2.24) is 15.1 Å². The highest BCUT2D eigenvalue weighted by atomic mass is 35.5. The number of fused-ring (bicyclic) bond motifs is 1. The highest BCUT2D eigenvalue weighted by Crippen LogP contribution is 2.41. The maximum atomic E-state index is 13.8. The number of halogens is 1. The molecule has 0 unspecified atom stereocenters. The van der Waals surface area contributed by atoms with Crippen molar-refractivity contribution >= 4 is 29.1 Å². The molecule has 1 aliphatic heterocycles. The van der Waals surface area contributed by atoms with Gasteiger partial charge in [0.2, 0.25) is 5.91 Å². The number of benzene rings is 1. The Hall–Kier alpha value is -2.34. The van der Waals surface area contributed by atoms with Crippen LogP contribution in [0.15, 0.2) is 24.3 Å². The fourth-order valence-corrected chi connectivity index (χ4v) is 5.24. The molecule has 1 atom stereocenters. The fourth-order valence-electron chi connectivity index (χ4n) is 5.07. The summed E-state index contributed by atoms with van der Waals surface area (Å²) in [5.41, 5.74) is 1.99. The van der Waals surface area contributed by atoms with Gasteiger partial charge in [-0.2, -0.15) is 5.10 Å². The Morgan fingerprint density at radius 2 is 1.84 bits per heavy atom. The van der Waals surface area contributed by atoms with E-state index in [2.05, 4.69) is 5.32 Å². The molecule has 7 heteroatoms. The van der Waals surface area contributed by atoms with Gasteiger partial charge in [-0.3, -0.25) is 19.2 Å². The van der Waals surface area contributed by atoms with Crippen LogP contribution in [0.25, 0.3) is 0 Å². The molecule has 170 valence electrons. The molecule has 2 aliphatic carbocycles. The minimum absolute atomic E-state index is 0.122. The third-order valence-corrected chi connectivity index (χ3v) is 7.67. The van der Waals surface area contributed by atoms with Gasteiger partial charge in [0.25, 0.3) is 5.91 Å². The number of carbonyl (C=O) groups is 2. The zero-order valence-electron chi connectivity index (χ0n) is 18.9. The first-order valence-corrected chi connectivity index (χ1v) is 12.2. The molecule has 2 fully saturated rings. The van der Waals surface area contributed by atoms with E-state index in [4.69, 9.17) is 16.7 Å². The molecule has 3 aliphatic rings. The average Bonchev–Trinajstić information content (AvgIpc) is 3.56. The minimum atomic E-state index is -1.10. The van der Waals surface area contributed by atoms with E-state index in [-0.39, 0.29) is 17.9 Å². The van der Waals surface area contributed by atoms with Crippen molar-refractivity contribution in [3.8, 4) is 0 Å². The van der Waals surface area contributed by atoms with Gasteiger partial charge in [0.15, 0.2) is 0 Å². The van der Waals surface area contributed by atoms with Gasteiger partial charge in [-0.15, -0.1) is 0 Å². The fraction of sp³-hybridized carbons (Fsp3) is 0.560. The van der Waals surface area contributed by atoms with Gasteiger partial charge >= 0.3 is 0 Å². The molecule has 5 rings (SSSR count). The molecule has 2 heterocycles. The van der Waals surface area contributed by atoms with Crippen LogP contribution in [0.2, 0.25) is 5.02 Å². The number of hydrogen-bond acceptors (Lipinski definition) is 3. The van der Waals surface area contributed by atoms with Crippen LogP contribution in [0.5, 0.6) is 0 Å². The molecule has 6 nitrogen and oxygen atoms in total. The summed E-state index contributed by atoms with van der Waals surface area (Å²) in [5, 5.41) is 8.59. The first-order valence-electron chi connectivity index (χ1n) is 11.9. The lowest BCUT2D eigenvalue weighted by Gasteiger charge is -2.43. The van der Waals surface area contributed by atoms with Gasteiger partial charge in [0.1, 0.15) is 11.2 Å². The normalized spacial score (nSPS) is 24.2. The summed E-state index contributed by atoms with van der Waals surface area (Å²) in [7, 11) is 0. The minimum Gasteiger partial charge on any atom is -0.351 e. The molecule has 1 N–H and O–H groups in total. The predicted molar refractivity (Wildman–Crippen MR) is 125 cm³/mol. The number of carbonyl (C=O) groups excluding carboxylic acids is 2. The number of anilines is 1. The van der Waals surface area contributed by atoms with Crippen molar-refractivity contribution in [3.63, 3.8) is 0 Å². The smallest absolute Gasteiger partial charge is 0.277 e. The molecule has 32 heavy (non-hydrogen) atoms. The van der Waals surface area contributed by atoms with Crippen LogP contribution < -0.4 is 10.2 Å². The van der Waals surface area contributed by atoms with Gasteiger partial charge in [-0.25, -0.2) is 0 Å². The third kappa shape index (κ3) is 3.83. The number of rotatable bonds is 4. The Labute approximate surface area is 194 Å². The molecule has 2 amide bonds. The van der Waals surface area contributed by atoms with Crippen molar-refractivity contribution in [2.45, 2.75) is 89.3 Å². The number of amides is 2. The van der Waals surface area contributed by atoms with Gasteiger partial charge in [-0.05, 0) is 63.3 Å². The molecule has 1 aromatic heterocycles. The average molecular weight is 455 g/mol. The van der Waals surface area contributed by atoms with Crippen molar-refractivity contribution in [2.24, 2.45) is 0 Å². The number of hydrogen-bond donors (Lipinski definition) is 1. The van der Waals surface area contributed by atoms with Crippen LogP contribution in [0, 0.1) is 6.92 Å². The number of nitrogens with zero attached hydrogens (tertiary/aromatic N) is 3. The van der Waals surface area contributed by atoms with Gasteiger partial charge in [-0.1, -0.05) is 43.4 Å². The number of aryl methyl sites for hydroxylation is 1. The van der Waals surface area contributed by atoms with Crippen molar-refractivity contribution in [3.05, 3.63) is 46.2 Å². The van der Waals surface area contributed by atoms with E-state index in [9.17, 15) is 9.59 Å². The van der Waals surface area contributed by atoms with Crippen molar-refractivity contribution in [2.75, 3.05) is 4.90 Å². The molecule has 0 bridgehead atoms. The van der Waals surface area contributed by atoms with E-state index >= 15 is 0 Å². The lowest BCUT2D eigenvalue weighted by molar-refractivity contribution is -0.127. The SMILES string of the molecule is Cc1ccc(N2C(=O)c3cc(C4CC4)nn3C[C@@]2(C)C(=O)NC2CCCCCC2)cc1Cl. The summed E-state index contributed by atoms with van der Waals surface area (Å²) >= 11 is 6.43. The number of aromatic nitrogens is 2. The zero-order chi connectivity index (χ0) is 22.5. The lowest BCUT2D eigenvalue weighted by Crippen LogP contribution is -2.65. The topological polar surface area (TPSA) is 67.2 Å². The Morgan fingerprint density at radius 3 is 2.50 bits per heavy atom. The summed E-state index contributed by atoms with van der Waals surface area (Å²) in [6, 6.07) is 7.63. The van der Waals surface area contributed by atoms with Gasteiger partial charge < -0.3 is 5.32 Å². The molecule has 1 aromatic carbocycles.